The molecule has 2 aliphatic heterocycles. The van der Waals surface area contributed by atoms with Gasteiger partial charge in [0.05, 0.1) is 11.3 Å². The molecule has 1 saturated carbocycles. The predicted molar refractivity (Wildman–Crippen MR) is 151 cm³/mol. The van der Waals surface area contributed by atoms with Gasteiger partial charge < -0.3 is 26.0 Å². The van der Waals surface area contributed by atoms with Crippen LogP contribution in [0.1, 0.15) is 49.7 Å². The van der Waals surface area contributed by atoms with Crippen molar-refractivity contribution in [1.82, 2.24) is 20.2 Å². The molecule has 2 aromatic carbocycles. The Balaban J connectivity index is 1.08. The molecule has 5 N–H and O–H groups in total. The minimum absolute atomic E-state index is 0.302. The van der Waals surface area contributed by atoms with E-state index in [9.17, 15) is 0 Å². The third-order valence-electron chi connectivity index (χ3n) is 8.65. The van der Waals surface area contributed by atoms with Gasteiger partial charge in [-0.3, -0.25) is 5.41 Å². The van der Waals surface area contributed by atoms with Crippen LogP contribution in [0.25, 0.3) is 0 Å². The molecule has 3 aliphatic rings. The standard InChI is InChI=1S/C30H37N7O/c31-27(21-6-8-25(9-7-21)38-24-4-2-1-3-5-24)26-28(32)34-20-35-29(26)36-22-12-16-37(17-13-22)23-10-14-30(15-11-23)18-33-19-30/h1-9,20,22-23,31,33H,10-19H2,(H3,32,34,35,36). The van der Waals surface area contributed by atoms with Crippen LogP contribution >= 0.6 is 0 Å². The Morgan fingerprint density at radius 3 is 2.29 bits per heavy atom. The third-order valence-corrected chi connectivity index (χ3v) is 8.65. The maximum absolute atomic E-state index is 8.93. The number of hydrogen-bond donors (Lipinski definition) is 4. The molecule has 0 unspecified atom stereocenters. The van der Waals surface area contributed by atoms with Crippen LogP contribution in [0.4, 0.5) is 11.6 Å². The van der Waals surface area contributed by atoms with Crippen LogP contribution in [0, 0.1) is 10.8 Å². The Kier molecular flexibility index (Phi) is 7.00. The fraction of sp³-hybridized carbons (Fsp3) is 0.433. The van der Waals surface area contributed by atoms with Crippen molar-refractivity contribution >= 4 is 17.3 Å². The molecular formula is C30H37N7O. The van der Waals surface area contributed by atoms with Crippen molar-refractivity contribution in [1.29, 1.82) is 5.41 Å². The number of likely N-dealkylation sites (tertiary alicyclic amines) is 1. The van der Waals surface area contributed by atoms with Crippen LogP contribution in [0.5, 0.6) is 11.5 Å². The van der Waals surface area contributed by atoms with Crippen molar-refractivity contribution in [2.45, 2.75) is 50.6 Å². The molecule has 8 heteroatoms. The van der Waals surface area contributed by atoms with E-state index in [-0.39, 0.29) is 0 Å². The van der Waals surface area contributed by atoms with Gasteiger partial charge in [-0.2, -0.15) is 0 Å². The minimum atomic E-state index is 0.302. The smallest absolute Gasteiger partial charge is 0.141 e. The summed E-state index contributed by atoms with van der Waals surface area (Å²) in [6.45, 7) is 4.64. The topological polar surface area (TPSA) is 112 Å². The van der Waals surface area contributed by atoms with Gasteiger partial charge in [-0.1, -0.05) is 18.2 Å². The maximum atomic E-state index is 8.93. The van der Waals surface area contributed by atoms with Crippen molar-refractivity contribution in [3.8, 4) is 11.5 Å². The number of ether oxygens (including phenoxy) is 1. The Bertz CT molecular complexity index is 1240. The number of para-hydroxylation sites is 1. The fourth-order valence-corrected chi connectivity index (χ4v) is 6.23. The number of nitrogens with zero attached hydrogens (tertiary/aromatic N) is 3. The molecule has 0 bridgehead atoms. The first-order valence-electron chi connectivity index (χ1n) is 13.8. The van der Waals surface area contributed by atoms with Crippen LogP contribution in [0.2, 0.25) is 0 Å². The first-order chi connectivity index (χ1) is 18.6. The molecule has 1 aliphatic carbocycles. The van der Waals surface area contributed by atoms with Gasteiger partial charge in [0.2, 0.25) is 0 Å². The molecule has 1 aromatic heterocycles. The van der Waals surface area contributed by atoms with E-state index in [1.807, 2.05) is 54.6 Å². The maximum Gasteiger partial charge on any atom is 0.141 e. The summed E-state index contributed by atoms with van der Waals surface area (Å²) in [5, 5.41) is 16.0. The van der Waals surface area contributed by atoms with Gasteiger partial charge in [-0.15, -0.1) is 0 Å². The number of aromatic nitrogens is 2. The Morgan fingerprint density at radius 1 is 0.947 bits per heavy atom. The summed E-state index contributed by atoms with van der Waals surface area (Å²) in [5.41, 5.74) is 8.49. The van der Waals surface area contributed by atoms with Crippen molar-refractivity contribution in [3.63, 3.8) is 0 Å². The molecule has 0 amide bonds. The third kappa shape index (κ3) is 5.24. The Labute approximate surface area is 224 Å². The lowest BCUT2D eigenvalue weighted by atomic mass is 9.68. The number of nitrogens with one attached hydrogen (secondary N) is 3. The summed E-state index contributed by atoms with van der Waals surface area (Å²) in [6, 6.07) is 18.2. The number of nitrogen functional groups attached to an aromatic ring is 1. The summed E-state index contributed by atoms with van der Waals surface area (Å²) >= 11 is 0. The summed E-state index contributed by atoms with van der Waals surface area (Å²) < 4.78 is 5.90. The van der Waals surface area contributed by atoms with Gasteiger partial charge in [0.25, 0.3) is 0 Å². The number of anilines is 2. The molecule has 0 atom stereocenters. The van der Waals surface area contributed by atoms with Crippen molar-refractivity contribution in [3.05, 3.63) is 72.1 Å². The molecule has 6 rings (SSSR count). The van der Waals surface area contributed by atoms with E-state index < -0.39 is 0 Å². The molecule has 1 spiro atoms. The minimum Gasteiger partial charge on any atom is -0.457 e. The molecule has 0 radical (unpaired) electrons. The van der Waals surface area contributed by atoms with E-state index in [1.165, 1.54) is 45.1 Å². The number of nitrogens with two attached hydrogens (primary N) is 1. The zero-order valence-electron chi connectivity index (χ0n) is 21.8. The molecule has 8 nitrogen and oxygen atoms in total. The van der Waals surface area contributed by atoms with E-state index in [4.69, 9.17) is 15.9 Å². The molecule has 38 heavy (non-hydrogen) atoms. The quantitative estimate of drug-likeness (QED) is 0.341. The highest BCUT2D eigenvalue weighted by Gasteiger charge is 2.41. The number of rotatable bonds is 7. The molecule has 3 aromatic rings. The van der Waals surface area contributed by atoms with Gasteiger partial charge in [-0.05, 0) is 80.3 Å². The highest BCUT2D eigenvalue weighted by atomic mass is 16.5. The van der Waals surface area contributed by atoms with Gasteiger partial charge >= 0.3 is 0 Å². The average Bonchev–Trinajstić information content (AvgIpc) is 2.94. The molecular weight excluding hydrogens is 474 g/mol. The second-order valence-electron chi connectivity index (χ2n) is 11.1. The summed E-state index contributed by atoms with van der Waals surface area (Å²) in [7, 11) is 0. The zero-order valence-corrected chi connectivity index (χ0v) is 21.8. The van der Waals surface area contributed by atoms with E-state index in [0.29, 0.717) is 40.1 Å². The van der Waals surface area contributed by atoms with Crippen LogP contribution < -0.4 is 21.1 Å². The van der Waals surface area contributed by atoms with Gasteiger partial charge in [0, 0.05) is 43.8 Å². The second kappa shape index (κ2) is 10.7. The molecule has 3 heterocycles. The lowest BCUT2D eigenvalue weighted by Crippen LogP contribution is -2.57. The number of benzene rings is 2. The highest BCUT2D eigenvalue weighted by molar-refractivity contribution is 6.16. The van der Waals surface area contributed by atoms with Gasteiger partial charge in [-0.25, -0.2) is 9.97 Å². The first kappa shape index (κ1) is 24.8. The van der Waals surface area contributed by atoms with E-state index >= 15 is 0 Å². The Morgan fingerprint density at radius 2 is 1.63 bits per heavy atom. The summed E-state index contributed by atoms with van der Waals surface area (Å²) in [5.74, 6) is 2.45. The van der Waals surface area contributed by atoms with Crippen molar-refractivity contribution < 1.29 is 4.74 Å². The SMILES string of the molecule is N=C(c1ccc(Oc2ccccc2)cc1)c1c(N)ncnc1NC1CCN(C2CCC3(CC2)CNC3)CC1. The largest absolute Gasteiger partial charge is 0.457 e. The van der Waals surface area contributed by atoms with E-state index in [2.05, 4.69) is 25.5 Å². The van der Waals surface area contributed by atoms with Crippen LogP contribution in [-0.4, -0.2) is 58.8 Å². The monoisotopic (exact) mass is 511 g/mol. The fourth-order valence-electron chi connectivity index (χ4n) is 6.23. The van der Waals surface area contributed by atoms with Crippen molar-refractivity contribution in [2.75, 3.05) is 37.2 Å². The highest BCUT2D eigenvalue weighted by Crippen LogP contribution is 2.41. The number of hydrogen-bond acceptors (Lipinski definition) is 8. The van der Waals surface area contributed by atoms with Crippen LogP contribution in [0.3, 0.4) is 0 Å². The summed E-state index contributed by atoms with van der Waals surface area (Å²) in [6.07, 6.45) is 9.00. The molecule has 198 valence electrons. The average molecular weight is 512 g/mol. The normalized spacial score (nSPS) is 20.1. The summed E-state index contributed by atoms with van der Waals surface area (Å²) in [4.78, 5) is 11.4. The van der Waals surface area contributed by atoms with Crippen LogP contribution in [0.15, 0.2) is 60.9 Å². The molecule has 3 fully saturated rings. The van der Waals surface area contributed by atoms with Gasteiger partial charge in [0.15, 0.2) is 0 Å². The lowest BCUT2D eigenvalue weighted by molar-refractivity contribution is 0.0414. The molecule has 2 saturated heterocycles. The van der Waals surface area contributed by atoms with Crippen molar-refractivity contribution in [2.24, 2.45) is 5.41 Å². The second-order valence-corrected chi connectivity index (χ2v) is 11.1. The van der Waals surface area contributed by atoms with E-state index in [0.717, 1.165) is 43.3 Å². The Hall–Kier alpha value is -3.49. The van der Waals surface area contributed by atoms with Gasteiger partial charge in [0.1, 0.15) is 29.5 Å². The zero-order chi connectivity index (χ0) is 26.0. The predicted octanol–water partition coefficient (Wildman–Crippen LogP) is 4.68. The van der Waals surface area contributed by atoms with Crippen LogP contribution in [-0.2, 0) is 0 Å². The number of piperidine rings is 1. The first-order valence-corrected chi connectivity index (χ1v) is 13.8. The lowest BCUT2D eigenvalue weighted by Gasteiger charge is -2.50. The van der Waals surface area contributed by atoms with E-state index in [1.54, 1.807) is 0 Å².